The molecule has 90 valence electrons. The molecule has 0 heterocycles. The third-order valence-corrected chi connectivity index (χ3v) is 2.99. The minimum atomic E-state index is -0.598. The molecule has 0 aliphatic heterocycles. The van der Waals surface area contributed by atoms with Crippen molar-refractivity contribution in [1.82, 2.24) is 0 Å². The van der Waals surface area contributed by atoms with E-state index in [1.165, 1.54) is 7.11 Å². The summed E-state index contributed by atoms with van der Waals surface area (Å²) in [5.41, 5.74) is 6.80. The molecule has 0 atom stereocenters. The number of benzene rings is 2. The number of nitriles is 1. The standard InChI is InChI=1S/C14H12N2O2/c1-8-9-5-3-4-6-10(9)12(14(16)17)13(18-2)11(8)7-15/h3-6H,1-2H3,(H2,16,17). The van der Waals surface area contributed by atoms with E-state index in [2.05, 4.69) is 6.07 Å². The van der Waals surface area contributed by atoms with Crippen LogP contribution in [-0.4, -0.2) is 13.0 Å². The Kier molecular flexibility index (Phi) is 2.90. The van der Waals surface area contributed by atoms with Crippen molar-refractivity contribution in [3.05, 3.63) is 41.0 Å². The summed E-state index contributed by atoms with van der Waals surface area (Å²) in [5.74, 6) is -0.347. The first-order valence-electron chi connectivity index (χ1n) is 5.41. The van der Waals surface area contributed by atoms with Gasteiger partial charge in [-0.3, -0.25) is 4.79 Å². The Morgan fingerprint density at radius 2 is 1.94 bits per heavy atom. The van der Waals surface area contributed by atoms with Crippen molar-refractivity contribution in [1.29, 1.82) is 5.26 Å². The first-order chi connectivity index (χ1) is 8.61. The first kappa shape index (κ1) is 11.9. The van der Waals surface area contributed by atoms with Gasteiger partial charge in [-0.15, -0.1) is 0 Å². The molecule has 2 aromatic rings. The summed E-state index contributed by atoms with van der Waals surface area (Å²) in [7, 11) is 1.43. The number of aryl methyl sites for hydroxylation is 1. The van der Waals surface area contributed by atoms with Crippen LogP contribution in [0.15, 0.2) is 24.3 Å². The van der Waals surface area contributed by atoms with Gasteiger partial charge in [-0.2, -0.15) is 5.26 Å². The van der Waals surface area contributed by atoms with Crippen molar-refractivity contribution >= 4 is 16.7 Å². The number of ether oxygens (including phenoxy) is 1. The van der Waals surface area contributed by atoms with Gasteiger partial charge in [-0.25, -0.2) is 0 Å². The smallest absolute Gasteiger partial charge is 0.253 e. The average molecular weight is 240 g/mol. The van der Waals surface area contributed by atoms with Gasteiger partial charge in [0.15, 0.2) is 0 Å². The number of primary amides is 1. The monoisotopic (exact) mass is 240 g/mol. The van der Waals surface area contributed by atoms with Crippen LogP contribution in [0.2, 0.25) is 0 Å². The molecule has 4 nitrogen and oxygen atoms in total. The van der Waals surface area contributed by atoms with Crippen LogP contribution in [-0.2, 0) is 0 Å². The zero-order valence-electron chi connectivity index (χ0n) is 10.2. The van der Waals surface area contributed by atoms with Gasteiger partial charge in [0, 0.05) is 0 Å². The summed E-state index contributed by atoms with van der Waals surface area (Å²) in [6.45, 7) is 1.83. The Hall–Kier alpha value is -2.54. The largest absolute Gasteiger partial charge is 0.494 e. The lowest BCUT2D eigenvalue weighted by molar-refractivity contribution is 0.0999. The van der Waals surface area contributed by atoms with Crippen LogP contribution < -0.4 is 10.5 Å². The zero-order valence-corrected chi connectivity index (χ0v) is 10.2. The van der Waals surface area contributed by atoms with Crippen molar-refractivity contribution in [2.45, 2.75) is 6.92 Å². The van der Waals surface area contributed by atoms with Gasteiger partial charge in [-0.05, 0) is 23.3 Å². The van der Waals surface area contributed by atoms with E-state index in [-0.39, 0.29) is 11.3 Å². The normalized spacial score (nSPS) is 10.1. The Labute approximate surface area is 105 Å². The molecular formula is C14H12N2O2. The molecule has 0 aliphatic rings. The molecular weight excluding hydrogens is 228 g/mol. The number of amides is 1. The fourth-order valence-corrected chi connectivity index (χ4v) is 2.16. The second-order valence-corrected chi connectivity index (χ2v) is 3.93. The molecule has 0 bridgehead atoms. The first-order valence-corrected chi connectivity index (χ1v) is 5.41. The van der Waals surface area contributed by atoms with Gasteiger partial charge in [0.05, 0.1) is 18.2 Å². The molecule has 0 spiro atoms. The second-order valence-electron chi connectivity index (χ2n) is 3.93. The van der Waals surface area contributed by atoms with E-state index < -0.39 is 5.91 Å². The summed E-state index contributed by atoms with van der Waals surface area (Å²) in [6.07, 6.45) is 0. The number of hydrogen-bond acceptors (Lipinski definition) is 3. The molecule has 4 heteroatoms. The van der Waals surface area contributed by atoms with Gasteiger partial charge < -0.3 is 10.5 Å². The fourth-order valence-electron chi connectivity index (χ4n) is 2.16. The van der Waals surface area contributed by atoms with Crippen LogP contribution in [0.3, 0.4) is 0 Å². The molecule has 1 amide bonds. The Bertz CT molecular complexity index is 684. The number of carbonyl (C=O) groups is 1. The molecule has 2 rings (SSSR count). The van der Waals surface area contributed by atoms with E-state index in [0.29, 0.717) is 10.9 Å². The highest BCUT2D eigenvalue weighted by Gasteiger charge is 2.20. The maximum absolute atomic E-state index is 11.6. The highest BCUT2D eigenvalue weighted by atomic mass is 16.5. The molecule has 0 saturated heterocycles. The molecule has 0 aromatic heterocycles. The van der Waals surface area contributed by atoms with Crippen LogP contribution in [0.5, 0.6) is 5.75 Å². The van der Waals surface area contributed by atoms with Gasteiger partial charge in [0.1, 0.15) is 11.8 Å². The summed E-state index contributed by atoms with van der Waals surface area (Å²) in [6, 6.07) is 9.40. The van der Waals surface area contributed by atoms with Gasteiger partial charge >= 0.3 is 0 Å². The molecule has 18 heavy (non-hydrogen) atoms. The van der Waals surface area contributed by atoms with Crippen molar-refractivity contribution in [3.63, 3.8) is 0 Å². The lowest BCUT2D eigenvalue weighted by Gasteiger charge is -2.14. The summed E-state index contributed by atoms with van der Waals surface area (Å²) < 4.78 is 5.19. The molecule has 0 aliphatic carbocycles. The number of rotatable bonds is 2. The second kappa shape index (κ2) is 4.38. The Morgan fingerprint density at radius 1 is 1.33 bits per heavy atom. The molecule has 0 saturated carbocycles. The Balaban J connectivity index is 3.07. The van der Waals surface area contributed by atoms with E-state index in [0.717, 1.165) is 10.9 Å². The number of fused-ring (bicyclic) bond motifs is 1. The van der Waals surface area contributed by atoms with Crippen LogP contribution in [0, 0.1) is 18.3 Å². The van der Waals surface area contributed by atoms with E-state index >= 15 is 0 Å². The number of methoxy groups -OCH3 is 1. The maximum Gasteiger partial charge on any atom is 0.253 e. The average Bonchev–Trinajstić information content (AvgIpc) is 2.38. The molecule has 2 N–H and O–H groups in total. The topological polar surface area (TPSA) is 76.1 Å². The SMILES string of the molecule is COc1c(C#N)c(C)c2ccccc2c1C(N)=O. The van der Waals surface area contributed by atoms with E-state index in [1.807, 2.05) is 25.1 Å². The van der Waals surface area contributed by atoms with Crippen molar-refractivity contribution in [2.75, 3.05) is 7.11 Å². The summed E-state index contributed by atoms with van der Waals surface area (Å²) in [4.78, 5) is 11.6. The minimum Gasteiger partial charge on any atom is -0.494 e. The Morgan fingerprint density at radius 3 is 2.44 bits per heavy atom. The summed E-state index contributed by atoms with van der Waals surface area (Å²) >= 11 is 0. The summed E-state index contributed by atoms with van der Waals surface area (Å²) in [5, 5.41) is 10.8. The quantitative estimate of drug-likeness (QED) is 0.873. The van der Waals surface area contributed by atoms with Gasteiger partial charge in [0.25, 0.3) is 5.91 Å². The van der Waals surface area contributed by atoms with Gasteiger partial charge in [-0.1, -0.05) is 24.3 Å². The molecule has 0 unspecified atom stereocenters. The van der Waals surface area contributed by atoms with E-state index in [4.69, 9.17) is 10.5 Å². The predicted molar refractivity (Wildman–Crippen MR) is 68.5 cm³/mol. The lowest BCUT2D eigenvalue weighted by Crippen LogP contribution is -2.14. The van der Waals surface area contributed by atoms with Crippen molar-refractivity contribution in [3.8, 4) is 11.8 Å². The number of nitrogens with zero attached hydrogens (tertiary/aromatic N) is 1. The van der Waals surface area contributed by atoms with Gasteiger partial charge in [0.2, 0.25) is 0 Å². The highest BCUT2D eigenvalue weighted by molar-refractivity contribution is 6.10. The lowest BCUT2D eigenvalue weighted by atomic mass is 9.94. The predicted octanol–water partition coefficient (Wildman–Crippen LogP) is 2.13. The van der Waals surface area contributed by atoms with Crippen LogP contribution >= 0.6 is 0 Å². The van der Waals surface area contributed by atoms with Crippen LogP contribution in [0.25, 0.3) is 10.8 Å². The zero-order chi connectivity index (χ0) is 13.3. The van der Waals surface area contributed by atoms with Crippen molar-refractivity contribution < 1.29 is 9.53 Å². The maximum atomic E-state index is 11.6. The molecule has 0 radical (unpaired) electrons. The molecule has 2 aromatic carbocycles. The number of carbonyl (C=O) groups excluding carboxylic acids is 1. The third kappa shape index (κ3) is 1.57. The fraction of sp³-hybridized carbons (Fsp3) is 0.143. The van der Waals surface area contributed by atoms with E-state index in [1.54, 1.807) is 6.07 Å². The van der Waals surface area contributed by atoms with E-state index in [9.17, 15) is 10.1 Å². The number of nitrogens with two attached hydrogens (primary N) is 1. The van der Waals surface area contributed by atoms with Crippen LogP contribution in [0.4, 0.5) is 0 Å². The third-order valence-electron chi connectivity index (χ3n) is 2.99. The highest BCUT2D eigenvalue weighted by Crippen LogP contribution is 2.34. The number of hydrogen-bond donors (Lipinski definition) is 1. The van der Waals surface area contributed by atoms with Crippen LogP contribution in [0.1, 0.15) is 21.5 Å². The van der Waals surface area contributed by atoms with Crippen molar-refractivity contribution in [2.24, 2.45) is 5.73 Å². The minimum absolute atomic E-state index is 0.251. The molecule has 0 fully saturated rings.